The van der Waals surface area contributed by atoms with Crippen LogP contribution in [0.2, 0.25) is 0 Å². The normalized spacial score (nSPS) is 15.1. The van der Waals surface area contributed by atoms with E-state index in [0.717, 1.165) is 12.1 Å². The average molecular weight is 428 g/mol. The van der Waals surface area contributed by atoms with Gasteiger partial charge in [0.2, 0.25) is 17.6 Å². The van der Waals surface area contributed by atoms with Crippen molar-refractivity contribution in [3.63, 3.8) is 0 Å². The Morgan fingerprint density at radius 1 is 1.23 bits per heavy atom. The van der Waals surface area contributed by atoms with Crippen LogP contribution in [0.25, 0.3) is 11.4 Å². The first-order valence-corrected chi connectivity index (χ1v) is 10.5. The number of ketones is 1. The Morgan fingerprint density at radius 2 is 2.00 bits per heavy atom. The van der Waals surface area contributed by atoms with Gasteiger partial charge in [-0.1, -0.05) is 30.3 Å². The van der Waals surface area contributed by atoms with Gasteiger partial charge in [0, 0.05) is 24.8 Å². The Morgan fingerprint density at radius 3 is 2.77 bits per heavy atom. The quantitative estimate of drug-likeness (QED) is 0.623. The number of fused-ring (bicyclic) bond motifs is 1. The van der Waals surface area contributed by atoms with Crippen molar-refractivity contribution in [2.45, 2.75) is 46.0 Å². The van der Waals surface area contributed by atoms with Crippen LogP contribution in [-0.4, -0.2) is 26.8 Å². The van der Waals surface area contributed by atoms with Crippen molar-refractivity contribution in [1.29, 1.82) is 0 Å². The van der Waals surface area contributed by atoms with Gasteiger partial charge in [0.25, 0.3) is 0 Å². The van der Waals surface area contributed by atoms with Gasteiger partial charge < -0.3 is 9.84 Å². The molecule has 156 valence electrons. The summed E-state index contributed by atoms with van der Waals surface area (Å²) in [6.07, 6.45) is 2.46. The van der Waals surface area contributed by atoms with E-state index in [1.54, 1.807) is 12.1 Å². The molecule has 0 unspecified atom stereocenters. The molecule has 30 heavy (non-hydrogen) atoms. The number of rotatable bonds is 6. The molecule has 0 atom stereocenters. The summed E-state index contributed by atoms with van der Waals surface area (Å²) in [5, 5.41) is 7.14. The van der Waals surface area contributed by atoms with Gasteiger partial charge in [0.05, 0.1) is 10.6 Å². The zero-order valence-corrected chi connectivity index (χ0v) is 17.5. The third kappa shape index (κ3) is 4.62. The van der Waals surface area contributed by atoms with Crippen molar-refractivity contribution in [2.24, 2.45) is 5.41 Å². The van der Waals surface area contributed by atoms with E-state index in [1.807, 2.05) is 13.8 Å². The zero-order valence-electron chi connectivity index (χ0n) is 16.7. The highest BCUT2D eigenvalue weighted by Crippen LogP contribution is 2.38. The zero-order chi connectivity index (χ0) is 21.3. The first kappa shape index (κ1) is 20.3. The lowest BCUT2D eigenvalue weighted by Gasteiger charge is -2.26. The van der Waals surface area contributed by atoms with Crippen LogP contribution in [0, 0.1) is 11.2 Å². The lowest BCUT2D eigenvalue weighted by atomic mass is 9.78. The molecule has 1 aliphatic carbocycles. The fourth-order valence-corrected chi connectivity index (χ4v) is 4.36. The van der Waals surface area contributed by atoms with Gasteiger partial charge in [0.1, 0.15) is 5.82 Å². The summed E-state index contributed by atoms with van der Waals surface area (Å²) in [6.45, 7) is 4.09. The molecule has 0 radical (unpaired) electrons. The SMILES string of the molecule is CC1(C)CC(=O)c2sc(NC(=O)CCCc3nc(-c4ccc(F)cc4)no3)nc2C1. The number of carbonyl (C=O) groups is 2. The Balaban J connectivity index is 1.29. The summed E-state index contributed by atoms with van der Waals surface area (Å²) in [4.78, 5) is 33.9. The van der Waals surface area contributed by atoms with Crippen molar-refractivity contribution in [3.05, 3.63) is 46.5 Å². The molecular weight excluding hydrogens is 407 g/mol. The van der Waals surface area contributed by atoms with Crippen molar-refractivity contribution < 1.29 is 18.5 Å². The first-order valence-electron chi connectivity index (χ1n) is 9.70. The minimum absolute atomic E-state index is 0.0904. The maximum atomic E-state index is 13.0. The van der Waals surface area contributed by atoms with Crippen LogP contribution in [-0.2, 0) is 17.6 Å². The predicted octanol–water partition coefficient (Wildman–Crippen LogP) is 4.45. The van der Waals surface area contributed by atoms with Gasteiger partial charge in [-0.2, -0.15) is 4.98 Å². The Hall–Kier alpha value is -2.94. The summed E-state index contributed by atoms with van der Waals surface area (Å²) < 4.78 is 18.2. The van der Waals surface area contributed by atoms with E-state index in [-0.39, 0.29) is 29.3 Å². The lowest BCUT2D eigenvalue weighted by molar-refractivity contribution is -0.116. The summed E-state index contributed by atoms with van der Waals surface area (Å²) in [5.74, 6) is 0.386. The molecule has 9 heteroatoms. The molecule has 1 N–H and O–H groups in total. The average Bonchev–Trinajstić information content (AvgIpc) is 3.28. The van der Waals surface area contributed by atoms with E-state index in [0.29, 0.717) is 46.5 Å². The molecule has 1 aromatic carbocycles. The molecule has 0 bridgehead atoms. The maximum Gasteiger partial charge on any atom is 0.226 e. The second-order valence-electron chi connectivity index (χ2n) is 8.16. The largest absolute Gasteiger partial charge is 0.339 e. The lowest BCUT2D eigenvalue weighted by Crippen LogP contribution is -2.26. The highest BCUT2D eigenvalue weighted by atomic mass is 32.1. The number of anilines is 1. The minimum Gasteiger partial charge on any atom is -0.339 e. The summed E-state index contributed by atoms with van der Waals surface area (Å²) in [5.41, 5.74) is 1.33. The number of hydrogen-bond donors (Lipinski definition) is 1. The minimum atomic E-state index is -0.331. The van der Waals surface area contributed by atoms with E-state index in [1.165, 1.54) is 23.5 Å². The first-order chi connectivity index (χ1) is 14.3. The van der Waals surface area contributed by atoms with Gasteiger partial charge in [-0.15, -0.1) is 0 Å². The van der Waals surface area contributed by atoms with Gasteiger partial charge in [0.15, 0.2) is 10.9 Å². The van der Waals surface area contributed by atoms with Gasteiger partial charge in [-0.25, -0.2) is 9.37 Å². The molecule has 0 saturated heterocycles. The summed E-state index contributed by atoms with van der Waals surface area (Å²) in [7, 11) is 0. The maximum absolute atomic E-state index is 13.0. The summed E-state index contributed by atoms with van der Waals surface area (Å²) in [6, 6.07) is 5.83. The number of thiazole rings is 1. The number of amides is 1. The topological polar surface area (TPSA) is 98.0 Å². The van der Waals surface area contributed by atoms with Crippen molar-refractivity contribution in [3.8, 4) is 11.4 Å². The van der Waals surface area contributed by atoms with Gasteiger partial charge >= 0.3 is 0 Å². The Labute approximate surface area is 176 Å². The van der Waals surface area contributed by atoms with Crippen molar-refractivity contribution in [1.82, 2.24) is 15.1 Å². The smallest absolute Gasteiger partial charge is 0.226 e. The molecule has 3 aromatic rings. The number of benzene rings is 1. The fourth-order valence-electron chi connectivity index (χ4n) is 3.43. The summed E-state index contributed by atoms with van der Waals surface area (Å²) >= 11 is 1.24. The van der Waals surface area contributed by atoms with Crippen LogP contribution in [0.3, 0.4) is 0 Å². The Bertz CT molecular complexity index is 1090. The number of Topliss-reactive ketones (excluding diaryl/α,β-unsaturated/α-hetero) is 1. The highest BCUT2D eigenvalue weighted by molar-refractivity contribution is 7.17. The molecule has 2 aromatic heterocycles. The molecule has 0 aliphatic heterocycles. The second-order valence-corrected chi connectivity index (χ2v) is 9.16. The molecular formula is C21H21FN4O3S. The molecule has 1 aliphatic rings. The Kier molecular flexibility index (Phi) is 5.46. The van der Waals surface area contributed by atoms with Crippen LogP contribution in [0.15, 0.2) is 28.8 Å². The number of hydrogen-bond acceptors (Lipinski definition) is 7. The monoisotopic (exact) mass is 428 g/mol. The number of nitrogens with zero attached hydrogens (tertiary/aromatic N) is 3. The van der Waals surface area contributed by atoms with Crippen molar-refractivity contribution in [2.75, 3.05) is 5.32 Å². The number of nitrogens with one attached hydrogen (secondary N) is 1. The number of aromatic nitrogens is 3. The number of halogens is 1. The van der Waals surface area contributed by atoms with Gasteiger partial charge in [-0.05, 0) is 42.5 Å². The molecule has 0 fully saturated rings. The van der Waals surface area contributed by atoms with E-state index in [2.05, 4.69) is 20.4 Å². The second kappa shape index (κ2) is 8.06. The number of aryl methyl sites for hydroxylation is 1. The van der Waals surface area contributed by atoms with Crippen LogP contribution < -0.4 is 5.32 Å². The van der Waals surface area contributed by atoms with E-state index in [4.69, 9.17) is 4.52 Å². The van der Waals surface area contributed by atoms with Gasteiger partial charge in [-0.3, -0.25) is 9.59 Å². The molecule has 0 saturated carbocycles. The molecule has 2 heterocycles. The van der Waals surface area contributed by atoms with E-state index >= 15 is 0 Å². The third-order valence-electron chi connectivity index (χ3n) is 4.85. The third-order valence-corrected chi connectivity index (χ3v) is 5.90. The number of carbonyl (C=O) groups excluding carboxylic acids is 2. The molecule has 0 spiro atoms. The highest BCUT2D eigenvalue weighted by Gasteiger charge is 2.34. The van der Waals surface area contributed by atoms with E-state index < -0.39 is 0 Å². The standard InChI is InChI=1S/C21H21FN4O3S/c1-21(2)10-14-18(15(27)11-21)30-20(23-14)24-16(28)4-3-5-17-25-19(26-29-17)12-6-8-13(22)9-7-12/h6-9H,3-5,10-11H2,1-2H3,(H,23,24,28). The van der Waals surface area contributed by atoms with Crippen LogP contribution in [0.5, 0.6) is 0 Å². The van der Waals surface area contributed by atoms with Crippen LogP contribution in [0.4, 0.5) is 9.52 Å². The predicted molar refractivity (Wildman–Crippen MR) is 110 cm³/mol. The van der Waals surface area contributed by atoms with E-state index in [9.17, 15) is 14.0 Å². The molecule has 1 amide bonds. The molecule has 4 rings (SSSR count). The molecule has 7 nitrogen and oxygen atoms in total. The fraction of sp³-hybridized carbons (Fsp3) is 0.381. The van der Waals surface area contributed by atoms with Crippen molar-refractivity contribution >= 4 is 28.2 Å². The van der Waals surface area contributed by atoms with Crippen LogP contribution >= 0.6 is 11.3 Å². The van der Waals surface area contributed by atoms with Crippen LogP contribution in [0.1, 0.15) is 54.4 Å².